The first kappa shape index (κ1) is 11.9. The molecule has 2 aliphatic rings. The minimum atomic E-state index is -0.450. The number of hydrogen-bond donors (Lipinski definition) is 1. The summed E-state index contributed by atoms with van der Waals surface area (Å²) in [5, 5.41) is 9.55. The minimum Gasteiger partial charge on any atom is -0.393 e. The molecule has 4 heteroatoms. The van der Waals surface area contributed by atoms with Crippen molar-refractivity contribution in [3.63, 3.8) is 0 Å². The number of carbonyl (C=O) groups excluding carboxylic acids is 1. The van der Waals surface area contributed by atoms with Gasteiger partial charge >= 0.3 is 0 Å². The molecule has 1 spiro atoms. The number of halogens is 1. The maximum atomic E-state index is 13.4. The Morgan fingerprint density at radius 2 is 2.00 bits per heavy atom. The zero-order valence-corrected chi connectivity index (χ0v) is 10.1. The van der Waals surface area contributed by atoms with Gasteiger partial charge in [0.1, 0.15) is 13.7 Å². The van der Waals surface area contributed by atoms with Gasteiger partial charge in [0.25, 0.3) is 0 Å². The van der Waals surface area contributed by atoms with Crippen molar-refractivity contribution in [1.82, 2.24) is 0 Å². The second kappa shape index (κ2) is 3.92. The van der Waals surface area contributed by atoms with Crippen LogP contribution in [0.5, 0.6) is 0 Å². The highest BCUT2D eigenvalue weighted by Gasteiger charge is 2.47. The van der Waals surface area contributed by atoms with Crippen LogP contribution in [0.2, 0.25) is 0 Å². The molecule has 1 aromatic carbocycles. The Kier molecular flexibility index (Phi) is 2.59. The van der Waals surface area contributed by atoms with Gasteiger partial charge < -0.3 is 5.11 Å². The predicted octanol–water partition coefficient (Wildman–Crippen LogP) is 1.28. The lowest BCUT2D eigenvalue weighted by Gasteiger charge is -2.33. The van der Waals surface area contributed by atoms with Gasteiger partial charge in [-0.25, -0.2) is 4.39 Å². The molecule has 1 aromatic rings. The number of benzene rings is 1. The lowest BCUT2D eigenvalue weighted by atomic mass is 9.70. The Morgan fingerprint density at radius 3 is 2.67 bits per heavy atom. The molecular weight excluding hydrogens is 230 g/mol. The fourth-order valence-electron chi connectivity index (χ4n) is 3.28. The molecule has 18 heavy (non-hydrogen) atoms. The molecule has 0 heterocycles. The molecule has 0 bridgehead atoms. The summed E-state index contributed by atoms with van der Waals surface area (Å²) in [4.78, 5) is 12.5. The first-order chi connectivity index (χ1) is 8.52. The third-order valence-corrected chi connectivity index (χ3v) is 4.39. The van der Waals surface area contributed by atoms with Crippen molar-refractivity contribution < 1.29 is 14.3 Å². The van der Waals surface area contributed by atoms with E-state index in [0.29, 0.717) is 37.7 Å². The van der Waals surface area contributed by atoms with Gasteiger partial charge in [0.05, 0.1) is 6.10 Å². The first-order valence-electron chi connectivity index (χ1n) is 6.33. The molecule has 3 rings (SSSR count). The van der Waals surface area contributed by atoms with Crippen LogP contribution in [0.3, 0.4) is 0 Å². The Bertz CT molecular complexity index is 519. The molecule has 0 amide bonds. The highest BCUT2D eigenvalue weighted by atomic mass is 19.1. The number of fused-ring (bicyclic) bond motifs is 1. The summed E-state index contributed by atoms with van der Waals surface area (Å²) in [6.07, 6.45) is 2.96. The number of ketones is 1. The van der Waals surface area contributed by atoms with Crippen molar-refractivity contribution in [3.05, 3.63) is 29.1 Å². The minimum absolute atomic E-state index is 0.0370. The Labute approximate surface area is 107 Å². The zero-order valence-electron chi connectivity index (χ0n) is 10.1. The van der Waals surface area contributed by atoms with Gasteiger partial charge in [-0.05, 0) is 43.7 Å². The molecule has 0 saturated heterocycles. The van der Waals surface area contributed by atoms with Crippen molar-refractivity contribution in [2.45, 2.75) is 38.2 Å². The van der Waals surface area contributed by atoms with E-state index in [9.17, 15) is 14.3 Å². The molecule has 0 aromatic heterocycles. The Morgan fingerprint density at radius 1 is 1.33 bits per heavy atom. The van der Waals surface area contributed by atoms with E-state index >= 15 is 0 Å². The quantitative estimate of drug-likeness (QED) is 0.698. The molecule has 92 valence electrons. The molecule has 1 fully saturated rings. The lowest BCUT2D eigenvalue weighted by molar-refractivity contribution is 0.0513. The van der Waals surface area contributed by atoms with Crippen molar-refractivity contribution in [2.75, 3.05) is 0 Å². The maximum Gasteiger partial charge on any atom is 0.169 e. The third kappa shape index (κ3) is 1.63. The second-order valence-corrected chi connectivity index (χ2v) is 5.55. The second-order valence-electron chi connectivity index (χ2n) is 5.55. The Balaban J connectivity index is 1.98. The van der Waals surface area contributed by atoms with E-state index in [1.54, 1.807) is 0 Å². The maximum absolute atomic E-state index is 13.4. The summed E-state index contributed by atoms with van der Waals surface area (Å²) < 4.78 is 13.4. The van der Waals surface area contributed by atoms with Gasteiger partial charge in [-0.1, -0.05) is 11.5 Å². The number of aliphatic hydroxyl groups is 1. The van der Waals surface area contributed by atoms with E-state index in [1.807, 2.05) is 0 Å². The fourth-order valence-corrected chi connectivity index (χ4v) is 3.28. The van der Waals surface area contributed by atoms with Crippen LogP contribution in [0, 0.1) is 11.2 Å². The van der Waals surface area contributed by atoms with Gasteiger partial charge in [-0.3, -0.25) is 4.79 Å². The predicted molar refractivity (Wildman–Crippen MR) is 66.7 cm³/mol. The van der Waals surface area contributed by atoms with Crippen molar-refractivity contribution >= 4 is 19.1 Å². The van der Waals surface area contributed by atoms with Crippen LogP contribution in [-0.4, -0.2) is 24.8 Å². The van der Waals surface area contributed by atoms with E-state index in [2.05, 4.69) is 0 Å². The normalized spacial score (nSPS) is 30.8. The van der Waals surface area contributed by atoms with Gasteiger partial charge in [-0.2, -0.15) is 0 Å². The van der Waals surface area contributed by atoms with Crippen LogP contribution >= 0.6 is 0 Å². The summed E-state index contributed by atoms with van der Waals surface area (Å²) in [5.74, 6) is -0.370. The van der Waals surface area contributed by atoms with Crippen LogP contribution in [0.15, 0.2) is 12.1 Å². The summed E-state index contributed by atoms with van der Waals surface area (Å²) in [5.41, 5.74) is 0.963. The molecule has 2 radical (unpaired) electrons. The zero-order chi connectivity index (χ0) is 12.9. The molecule has 1 N–H and O–H groups in total. The van der Waals surface area contributed by atoms with E-state index in [4.69, 9.17) is 7.85 Å². The number of carbonyl (C=O) groups is 1. The summed E-state index contributed by atoms with van der Waals surface area (Å²) in [6, 6.07) is 2.86. The van der Waals surface area contributed by atoms with Crippen LogP contribution < -0.4 is 5.46 Å². The average Bonchev–Trinajstić information content (AvgIpc) is 2.59. The highest BCUT2D eigenvalue weighted by Crippen LogP contribution is 2.47. The number of hydrogen-bond acceptors (Lipinski definition) is 2. The molecule has 2 aliphatic carbocycles. The highest BCUT2D eigenvalue weighted by molar-refractivity contribution is 6.33. The SMILES string of the molecule is [B]c1cc2c(cc1F)CC1(CCC(O)CC1)C2=O. The van der Waals surface area contributed by atoms with Crippen molar-refractivity contribution in [2.24, 2.45) is 5.41 Å². The van der Waals surface area contributed by atoms with Crippen LogP contribution in [0.25, 0.3) is 0 Å². The molecule has 0 atom stereocenters. The van der Waals surface area contributed by atoms with E-state index in [0.717, 1.165) is 5.56 Å². The number of Topliss-reactive ketones (excluding diaryl/α,β-unsaturated/α-hetero) is 1. The van der Waals surface area contributed by atoms with Crippen molar-refractivity contribution in [1.29, 1.82) is 0 Å². The fraction of sp³-hybridized carbons (Fsp3) is 0.500. The number of aliphatic hydroxyl groups excluding tert-OH is 1. The average molecular weight is 244 g/mol. The van der Waals surface area contributed by atoms with Gasteiger partial charge in [0, 0.05) is 11.0 Å². The van der Waals surface area contributed by atoms with Gasteiger partial charge in [0.2, 0.25) is 0 Å². The van der Waals surface area contributed by atoms with Crippen LogP contribution in [-0.2, 0) is 6.42 Å². The number of rotatable bonds is 0. The van der Waals surface area contributed by atoms with E-state index in [1.165, 1.54) is 12.1 Å². The monoisotopic (exact) mass is 244 g/mol. The summed E-state index contributed by atoms with van der Waals surface area (Å²) in [7, 11) is 5.53. The Hall–Kier alpha value is -1.16. The topological polar surface area (TPSA) is 37.3 Å². The molecule has 1 saturated carbocycles. The first-order valence-corrected chi connectivity index (χ1v) is 6.33. The standard InChI is InChI=1S/C14H14BFO2/c15-11-6-10-8(5-12(11)16)7-14(13(10)18)3-1-9(17)2-4-14/h5-6,9,17H,1-4,7H2. The van der Waals surface area contributed by atoms with Gasteiger partial charge in [-0.15, -0.1) is 0 Å². The van der Waals surface area contributed by atoms with Crippen LogP contribution in [0.4, 0.5) is 4.39 Å². The van der Waals surface area contributed by atoms with Crippen molar-refractivity contribution in [3.8, 4) is 0 Å². The lowest BCUT2D eigenvalue weighted by Crippen LogP contribution is -2.34. The molecule has 0 unspecified atom stereocenters. The van der Waals surface area contributed by atoms with E-state index < -0.39 is 11.2 Å². The third-order valence-electron chi connectivity index (χ3n) is 4.39. The molecule has 0 aliphatic heterocycles. The molecular formula is C14H14BFO2. The summed E-state index contributed by atoms with van der Waals surface area (Å²) >= 11 is 0. The summed E-state index contributed by atoms with van der Waals surface area (Å²) in [6.45, 7) is 0. The smallest absolute Gasteiger partial charge is 0.169 e. The van der Waals surface area contributed by atoms with Gasteiger partial charge in [0.15, 0.2) is 5.78 Å². The van der Waals surface area contributed by atoms with Crippen LogP contribution in [0.1, 0.15) is 41.6 Å². The molecule has 2 nitrogen and oxygen atoms in total. The van der Waals surface area contributed by atoms with E-state index in [-0.39, 0.29) is 17.4 Å². The largest absolute Gasteiger partial charge is 0.393 e.